The normalized spacial score (nSPS) is 16.3. The van der Waals surface area contributed by atoms with Gasteiger partial charge in [0.1, 0.15) is 5.69 Å². The summed E-state index contributed by atoms with van der Waals surface area (Å²) in [5, 5.41) is 19.9. The topological polar surface area (TPSA) is 122 Å². The van der Waals surface area contributed by atoms with Gasteiger partial charge in [-0.05, 0) is 62.6 Å². The number of benzene rings is 1. The first-order valence-corrected chi connectivity index (χ1v) is 11.9. The molecule has 2 amide bonds. The summed E-state index contributed by atoms with van der Waals surface area (Å²) in [6, 6.07) is 9.28. The van der Waals surface area contributed by atoms with Gasteiger partial charge in [-0.3, -0.25) is 14.3 Å². The lowest BCUT2D eigenvalue weighted by molar-refractivity contribution is 0.0916. The molecule has 0 radical (unpaired) electrons. The molecular formula is C25H29N5O4. The molecule has 2 heterocycles. The molecule has 2 fully saturated rings. The lowest BCUT2D eigenvalue weighted by Gasteiger charge is -2.13. The van der Waals surface area contributed by atoms with Crippen LogP contribution in [0.5, 0.6) is 0 Å². The van der Waals surface area contributed by atoms with Crippen molar-refractivity contribution in [3.05, 3.63) is 48.0 Å². The summed E-state index contributed by atoms with van der Waals surface area (Å²) in [6.45, 7) is 2.78. The smallest absolute Gasteiger partial charge is 0.288 e. The van der Waals surface area contributed by atoms with Crippen LogP contribution in [0.4, 0.5) is 0 Å². The van der Waals surface area contributed by atoms with Crippen LogP contribution in [0, 0.1) is 11.8 Å². The van der Waals surface area contributed by atoms with E-state index in [2.05, 4.69) is 20.7 Å². The number of aromatic nitrogens is 3. The standard InChI is InChI=1S/C25H29N5O4/c1-15(17-7-8-17)28-23(32)21-12-20(29-30(21)9-10-31)18-3-2-4-19(11-18)25-27-14-22(34-25)24(33)26-13-16-5-6-16/h2-4,11-12,14-17,31H,5-10,13H2,1H3,(H,26,33)(H,28,32). The largest absolute Gasteiger partial charge is 0.431 e. The van der Waals surface area contributed by atoms with Crippen molar-refractivity contribution in [1.29, 1.82) is 0 Å². The van der Waals surface area contributed by atoms with Gasteiger partial charge in [0.2, 0.25) is 11.7 Å². The van der Waals surface area contributed by atoms with Gasteiger partial charge < -0.3 is 20.2 Å². The van der Waals surface area contributed by atoms with Crippen molar-refractivity contribution in [3.8, 4) is 22.7 Å². The monoisotopic (exact) mass is 463 g/mol. The predicted molar refractivity (Wildman–Crippen MR) is 125 cm³/mol. The van der Waals surface area contributed by atoms with Gasteiger partial charge in [0, 0.05) is 23.7 Å². The Kier molecular flexibility index (Phi) is 6.19. The molecule has 2 saturated carbocycles. The molecule has 9 nitrogen and oxygen atoms in total. The number of carbonyl (C=O) groups excluding carboxylic acids is 2. The molecule has 0 spiro atoms. The van der Waals surface area contributed by atoms with Crippen LogP contribution in [-0.2, 0) is 6.54 Å². The van der Waals surface area contributed by atoms with Crippen LogP contribution < -0.4 is 10.6 Å². The Labute approximate surface area is 197 Å². The SMILES string of the molecule is CC(NC(=O)c1cc(-c2cccc(-c3ncc(C(=O)NCC4CC4)o3)c2)nn1CCO)C1CC1. The van der Waals surface area contributed by atoms with Crippen LogP contribution >= 0.6 is 0 Å². The summed E-state index contributed by atoms with van der Waals surface area (Å²) in [6.07, 6.45) is 6.03. The molecule has 0 aliphatic heterocycles. The van der Waals surface area contributed by atoms with E-state index < -0.39 is 0 Å². The quantitative estimate of drug-likeness (QED) is 0.425. The third kappa shape index (κ3) is 5.04. The Morgan fingerprint density at radius 1 is 1.18 bits per heavy atom. The molecule has 1 unspecified atom stereocenters. The molecule has 178 valence electrons. The van der Waals surface area contributed by atoms with E-state index in [1.54, 1.807) is 6.07 Å². The van der Waals surface area contributed by atoms with Crippen LogP contribution in [0.1, 0.15) is 53.7 Å². The number of carbonyl (C=O) groups is 2. The van der Waals surface area contributed by atoms with E-state index in [-0.39, 0.29) is 36.8 Å². The lowest BCUT2D eigenvalue weighted by Crippen LogP contribution is -2.35. The van der Waals surface area contributed by atoms with Gasteiger partial charge >= 0.3 is 0 Å². The van der Waals surface area contributed by atoms with Crippen molar-refractivity contribution in [2.24, 2.45) is 11.8 Å². The Bertz CT molecular complexity index is 1190. The molecule has 3 aromatic rings. The molecular weight excluding hydrogens is 434 g/mol. The molecule has 2 aromatic heterocycles. The van der Waals surface area contributed by atoms with E-state index in [9.17, 15) is 14.7 Å². The van der Waals surface area contributed by atoms with E-state index in [0.717, 1.165) is 31.2 Å². The summed E-state index contributed by atoms with van der Waals surface area (Å²) in [7, 11) is 0. The molecule has 1 aromatic carbocycles. The number of amides is 2. The highest BCUT2D eigenvalue weighted by Gasteiger charge is 2.30. The van der Waals surface area contributed by atoms with E-state index in [4.69, 9.17) is 4.42 Å². The summed E-state index contributed by atoms with van der Waals surface area (Å²) < 4.78 is 7.24. The van der Waals surface area contributed by atoms with Gasteiger partial charge in [-0.2, -0.15) is 5.10 Å². The van der Waals surface area contributed by atoms with Crippen LogP contribution in [0.25, 0.3) is 22.7 Å². The highest BCUT2D eigenvalue weighted by molar-refractivity contribution is 5.94. The summed E-state index contributed by atoms with van der Waals surface area (Å²) in [5.41, 5.74) is 2.49. The minimum atomic E-state index is -0.263. The fourth-order valence-corrected chi connectivity index (χ4v) is 3.97. The van der Waals surface area contributed by atoms with E-state index in [0.29, 0.717) is 41.2 Å². The van der Waals surface area contributed by atoms with Crippen molar-refractivity contribution in [2.45, 2.75) is 45.2 Å². The van der Waals surface area contributed by atoms with Gasteiger partial charge in [0.15, 0.2) is 0 Å². The summed E-state index contributed by atoms with van der Waals surface area (Å²) in [5.74, 6) is 1.17. The molecule has 9 heteroatoms. The minimum absolute atomic E-state index is 0.109. The second kappa shape index (κ2) is 9.42. The maximum Gasteiger partial charge on any atom is 0.288 e. The Balaban J connectivity index is 1.35. The average Bonchev–Trinajstić information content (AvgIpc) is 3.76. The number of hydrogen-bond donors (Lipinski definition) is 3. The second-order valence-corrected chi connectivity index (χ2v) is 9.23. The van der Waals surface area contributed by atoms with Crippen molar-refractivity contribution in [2.75, 3.05) is 13.2 Å². The number of aliphatic hydroxyl groups excluding tert-OH is 1. The minimum Gasteiger partial charge on any atom is -0.431 e. The fourth-order valence-electron chi connectivity index (χ4n) is 3.97. The molecule has 5 rings (SSSR count). The van der Waals surface area contributed by atoms with Crippen molar-refractivity contribution < 1.29 is 19.1 Å². The number of aliphatic hydroxyl groups is 1. The van der Waals surface area contributed by atoms with Gasteiger partial charge in [-0.15, -0.1) is 0 Å². The number of oxazole rings is 1. The zero-order chi connectivity index (χ0) is 23.7. The molecule has 2 aliphatic rings. The lowest BCUT2D eigenvalue weighted by atomic mass is 10.1. The van der Waals surface area contributed by atoms with E-state index in [1.807, 2.05) is 31.2 Å². The van der Waals surface area contributed by atoms with Crippen molar-refractivity contribution in [3.63, 3.8) is 0 Å². The number of rotatable bonds is 10. The first kappa shape index (κ1) is 22.3. The zero-order valence-electron chi connectivity index (χ0n) is 19.2. The third-order valence-electron chi connectivity index (χ3n) is 6.40. The molecule has 34 heavy (non-hydrogen) atoms. The van der Waals surface area contributed by atoms with Crippen LogP contribution in [-0.4, -0.2) is 50.9 Å². The number of nitrogens with one attached hydrogen (secondary N) is 2. The second-order valence-electron chi connectivity index (χ2n) is 9.23. The highest BCUT2D eigenvalue weighted by Crippen LogP contribution is 2.32. The van der Waals surface area contributed by atoms with E-state index in [1.165, 1.54) is 10.9 Å². The third-order valence-corrected chi connectivity index (χ3v) is 6.40. The average molecular weight is 464 g/mol. The molecule has 3 N–H and O–H groups in total. The van der Waals surface area contributed by atoms with Gasteiger partial charge in [-0.25, -0.2) is 4.98 Å². The van der Waals surface area contributed by atoms with Crippen molar-refractivity contribution in [1.82, 2.24) is 25.4 Å². The van der Waals surface area contributed by atoms with Gasteiger partial charge in [0.25, 0.3) is 11.8 Å². The number of nitrogens with zero attached hydrogens (tertiary/aromatic N) is 3. The van der Waals surface area contributed by atoms with Crippen LogP contribution in [0.15, 0.2) is 40.9 Å². The molecule has 1 atom stereocenters. The summed E-state index contributed by atoms with van der Waals surface area (Å²) >= 11 is 0. The Morgan fingerprint density at radius 3 is 2.71 bits per heavy atom. The van der Waals surface area contributed by atoms with Crippen LogP contribution in [0.3, 0.4) is 0 Å². The first-order chi connectivity index (χ1) is 16.5. The first-order valence-electron chi connectivity index (χ1n) is 11.9. The molecule has 0 bridgehead atoms. The van der Waals surface area contributed by atoms with Crippen LogP contribution in [0.2, 0.25) is 0 Å². The van der Waals surface area contributed by atoms with Crippen molar-refractivity contribution >= 4 is 11.8 Å². The molecule has 0 saturated heterocycles. The Morgan fingerprint density at radius 2 is 1.97 bits per heavy atom. The Hall–Kier alpha value is -3.46. The van der Waals surface area contributed by atoms with E-state index >= 15 is 0 Å². The van der Waals surface area contributed by atoms with Gasteiger partial charge in [-0.1, -0.05) is 12.1 Å². The maximum absolute atomic E-state index is 12.9. The number of hydrogen-bond acceptors (Lipinski definition) is 6. The molecule has 2 aliphatic carbocycles. The zero-order valence-corrected chi connectivity index (χ0v) is 19.2. The predicted octanol–water partition coefficient (Wildman–Crippen LogP) is 2.87. The van der Waals surface area contributed by atoms with Gasteiger partial charge in [0.05, 0.1) is 25.0 Å². The summed E-state index contributed by atoms with van der Waals surface area (Å²) in [4.78, 5) is 29.4. The maximum atomic E-state index is 12.9. The fraction of sp³-hybridized carbons (Fsp3) is 0.440. The highest BCUT2D eigenvalue weighted by atomic mass is 16.4.